The maximum atomic E-state index is 11.9. The third-order valence-electron chi connectivity index (χ3n) is 2.97. The van der Waals surface area contributed by atoms with Crippen LogP contribution < -0.4 is 4.72 Å². The molecule has 20 heavy (non-hydrogen) atoms. The minimum absolute atomic E-state index is 0.164. The van der Waals surface area contributed by atoms with Crippen molar-refractivity contribution in [3.05, 3.63) is 5.01 Å². The van der Waals surface area contributed by atoms with Crippen LogP contribution in [-0.2, 0) is 16.4 Å². The Morgan fingerprint density at radius 1 is 1.00 bits per heavy atom. The first-order chi connectivity index (χ1) is 9.57. The van der Waals surface area contributed by atoms with E-state index in [4.69, 9.17) is 0 Å². The van der Waals surface area contributed by atoms with Crippen molar-refractivity contribution < 1.29 is 8.42 Å². The number of hydrogen-bond acceptors (Lipinski definition) is 5. The summed E-state index contributed by atoms with van der Waals surface area (Å²) in [4.78, 5) is 0. The fraction of sp³-hybridized carbons (Fsp3) is 0.846. The highest BCUT2D eigenvalue weighted by molar-refractivity contribution is 7.92. The van der Waals surface area contributed by atoms with Gasteiger partial charge in [-0.05, 0) is 12.8 Å². The molecular weight excluding hydrogens is 294 g/mol. The lowest BCUT2D eigenvalue weighted by atomic mass is 10.2. The molecule has 0 unspecified atom stereocenters. The van der Waals surface area contributed by atoms with Crippen LogP contribution in [0.2, 0.25) is 0 Å². The maximum Gasteiger partial charge on any atom is 0.234 e. The molecule has 0 amide bonds. The van der Waals surface area contributed by atoms with Gasteiger partial charge in [0.05, 0.1) is 5.75 Å². The van der Waals surface area contributed by atoms with Crippen LogP contribution in [0.3, 0.4) is 0 Å². The maximum absolute atomic E-state index is 11.9. The van der Waals surface area contributed by atoms with Gasteiger partial charge < -0.3 is 0 Å². The molecule has 0 aliphatic heterocycles. The van der Waals surface area contributed by atoms with Crippen LogP contribution in [0.5, 0.6) is 0 Å². The molecule has 1 heterocycles. The van der Waals surface area contributed by atoms with Gasteiger partial charge >= 0.3 is 0 Å². The number of nitrogens with one attached hydrogen (secondary N) is 1. The summed E-state index contributed by atoms with van der Waals surface area (Å²) in [5.41, 5.74) is 0. The van der Waals surface area contributed by atoms with Crippen molar-refractivity contribution >= 4 is 26.5 Å². The third kappa shape index (κ3) is 7.19. The first-order valence-electron chi connectivity index (χ1n) is 7.40. The van der Waals surface area contributed by atoms with E-state index in [-0.39, 0.29) is 5.75 Å². The van der Waals surface area contributed by atoms with E-state index in [0.717, 1.165) is 50.0 Å². The van der Waals surface area contributed by atoms with Crippen LogP contribution in [0.4, 0.5) is 5.13 Å². The Labute approximate surface area is 126 Å². The Morgan fingerprint density at radius 2 is 1.70 bits per heavy atom. The standard InChI is InChI=1S/C13H25N3O2S2/c1-3-5-7-9-11-20(17,18)16-13-15-14-12(19-13)10-8-6-4-2/h3-11H2,1-2H3,(H,15,16). The van der Waals surface area contributed by atoms with Crippen molar-refractivity contribution in [2.24, 2.45) is 0 Å². The Bertz CT molecular complexity index is 472. The molecule has 0 aliphatic carbocycles. The van der Waals surface area contributed by atoms with Crippen molar-refractivity contribution in [1.29, 1.82) is 0 Å². The summed E-state index contributed by atoms with van der Waals surface area (Å²) in [6.45, 7) is 4.26. The predicted octanol–water partition coefficient (Wildman–Crippen LogP) is 3.59. The first kappa shape index (κ1) is 17.4. The van der Waals surface area contributed by atoms with E-state index in [1.807, 2.05) is 0 Å². The Morgan fingerprint density at radius 3 is 2.40 bits per heavy atom. The molecule has 0 aromatic carbocycles. The zero-order valence-electron chi connectivity index (χ0n) is 12.4. The first-order valence-corrected chi connectivity index (χ1v) is 9.87. The molecule has 1 aromatic heterocycles. The molecule has 0 atom stereocenters. The molecule has 1 rings (SSSR count). The lowest BCUT2D eigenvalue weighted by Gasteiger charge is -2.03. The van der Waals surface area contributed by atoms with E-state index in [0.29, 0.717) is 11.6 Å². The summed E-state index contributed by atoms with van der Waals surface area (Å²) in [5.74, 6) is 0.164. The normalized spacial score (nSPS) is 11.7. The van der Waals surface area contributed by atoms with E-state index in [2.05, 4.69) is 28.8 Å². The van der Waals surface area contributed by atoms with E-state index in [1.54, 1.807) is 0 Å². The third-order valence-corrected chi connectivity index (χ3v) is 5.33. The van der Waals surface area contributed by atoms with Crippen LogP contribution in [0.15, 0.2) is 0 Å². The van der Waals surface area contributed by atoms with E-state index in [1.165, 1.54) is 11.3 Å². The van der Waals surface area contributed by atoms with Crippen molar-refractivity contribution in [2.45, 2.75) is 65.2 Å². The molecular formula is C13H25N3O2S2. The second kappa shape index (κ2) is 9.28. The van der Waals surface area contributed by atoms with Gasteiger partial charge in [-0.15, -0.1) is 10.2 Å². The largest absolute Gasteiger partial charge is 0.257 e. The topological polar surface area (TPSA) is 72.0 Å². The molecule has 5 nitrogen and oxygen atoms in total. The minimum Gasteiger partial charge on any atom is -0.257 e. The van der Waals surface area contributed by atoms with Crippen LogP contribution in [-0.4, -0.2) is 24.4 Å². The second-order valence-electron chi connectivity index (χ2n) is 4.94. The summed E-state index contributed by atoms with van der Waals surface area (Å²) < 4.78 is 26.2. The number of sulfonamides is 1. The van der Waals surface area contributed by atoms with Gasteiger partial charge in [-0.2, -0.15) is 0 Å². The van der Waals surface area contributed by atoms with Gasteiger partial charge in [0.15, 0.2) is 0 Å². The SMILES string of the molecule is CCCCCCS(=O)(=O)Nc1nnc(CCCCC)s1. The van der Waals surface area contributed by atoms with Gasteiger partial charge in [0.1, 0.15) is 5.01 Å². The summed E-state index contributed by atoms with van der Waals surface area (Å²) in [6, 6.07) is 0. The Balaban J connectivity index is 2.38. The van der Waals surface area contributed by atoms with Gasteiger partial charge in [-0.25, -0.2) is 8.42 Å². The highest BCUT2D eigenvalue weighted by atomic mass is 32.2. The van der Waals surface area contributed by atoms with Crippen molar-refractivity contribution in [3.8, 4) is 0 Å². The molecule has 1 aromatic rings. The zero-order valence-corrected chi connectivity index (χ0v) is 14.0. The molecule has 0 saturated heterocycles. The van der Waals surface area contributed by atoms with Crippen LogP contribution in [0.1, 0.15) is 63.8 Å². The molecule has 0 aliphatic rings. The molecule has 0 radical (unpaired) electrons. The molecule has 0 fully saturated rings. The average molecular weight is 319 g/mol. The highest BCUT2D eigenvalue weighted by Gasteiger charge is 2.13. The van der Waals surface area contributed by atoms with Gasteiger partial charge in [-0.3, -0.25) is 4.72 Å². The smallest absolute Gasteiger partial charge is 0.234 e. The fourth-order valence-corrected chi connectivity index (χ4v) is 4.00. The molecule has 1 N–H and O–H groups in total. The van der Waals surface area contributed by atoms with Crippen molar-refractivity contribution in [3.63, 3.8) is 0 Å². The molecule has 0 saturated carbocycles. The average Bonchev–Trinajstić information content (AvgIpc) is 2.82. The van der Waals surface area contributed by atoms with Gasteiger partial charge in [-0.1, -0.05) is 57.3 Å². The van der Waals surface area contributed by atoms with Gasteiger partial charge in [0.2, 0.25) is 15.2 Å². The van der Waals surface area contributed by atoms with Crippen LogP contribution in [0, 0.1) is 0 Å². The summed E-state index contributed by atoms with van der Waals surface area (Å²) in [6.07, 6.45) is 8.12. The minimum atomic E-state index is -3.27. The molecule has 116 valence electrons. The number of aromatic nitrogens is 2. The number of unbranched alkanes of at least 4 members (excludes halogenated alkanes) is 5. The number of rotatable bonds is 11. The zero-order chi connectivity index (χ0) is 14.8. The lowest BCUT2D eigenvalue weighted by molar-refractivity contribution is 0.594. The molecule has 0 spiro atoms. The van der Waals surface area contributed by atoms with E-state index >= 15 is 0 Å². The highest BCUT2D eigenvalue weighted by Crippen LogP contribution is 2.19. The summed E-state index contributed by atoms with van der Waals surface area (Å²) >= 11 is 1.34. The summed E-state index contributed by atoms with van der Waals surface area (Å²) in [5, 5.41) is 9.23. The van der Waals surface area contributed by atoms with Crippen LogP contribution >= 0.6 is 11.3 Å². The quantitative estimate of drug-likeness (QED) is 0.633. The van der Waals surface area contributed by atoms with E-state index < -0.39 is 10.0 Å². The Kier molecular flexibility index (Phi) is 8.06. The van der Waals surface area contributed by atoms with Crippen molar-refractivity contribution in [2.75, 3.05) is 10.5 Å². The van der Waals surface area contributed by atoms with Gasteiger partial charge in [0, 0.05) is 6.42 Å². The van der Waals surface area contributed by atoms with E-state index in [9.17, 15) is 8.42 Å². The Hall–Kier alpha value is -0.690. The summed E-state index contributed by atoms with van der Waals surface area (Å²) in [7, 11) is -3.27. The van der Waals surface area contributed by atoms with Gasteiger partial charge in [0.25, 0.3) is 0 Å². The number of hydrogen-bond donors (Lipinski definition) is 1. The predicted molar refractivity (Wildman–Crippen MR) is 84.7 cm³/mol. The lowest BCUT2D eigenvalue weighted by Crippen LogP contribution is -2.16. The number of anilines is 1. The van der Waals surface area contributed by atoms with Crippen molar-refractivity contribution in [1.82, 2.24) is 10.2 Å². The second-order valence-corrected chi connectivity index (χ2v) is 7.84. The van der Waals surface area contributed by atoms with Crippen LogP contribution in [0.25, 0.3) is 0 Å². The monoisotopic (exact) mass is 319 g/mol. The fourth-order valence-electron chi connectivity index (χ4n) is 1.83. The molecule has 0 bridgehead atoms. The number of aryl methyl sites for hydroxylation is 1. The molecule has 7 heteroatoms. The number of nitrogens with zero attached hydrogens (tertiary/aromatic N) is 2.